The van der Waals surface area contributed by atoms with Gasteiger partial charge in [0.2, 0.25) is 5.78 Å². The molecule has 0 atom stereocenters. The molecule has 0 radical (unpaired) electrons. The molecule has 136 valence electrons. The molecule has 7 nitrogen and oxygen atoms in total. The summed E-state index contributed by atoms with van der Waals surface area (Å²) in [5, 5.41) is 4.32. The number of ether oxygens (including phenoxy) is 1. The molecule has 0 unspecified atom stereocenters. The number of hydrogen-bond donors (Lipinski definition) is 0. The van der Waals surface area contributed by atoms with Crippen LogP contribution in [0.25, 0.3) is 5.13 Å². The third kappa shape index (κ3) is 3.54. The van der Waals surface area contributed by atoms with E-state index < -0.39 is 5.97 Å². The molecule has 0 N–H and O–H groups in total. The van der Waals surface area contributed by atoms with Crippen LogP contribution < -0.4 is 4.87 Å². The van der Waals surface area contributed by atoms with E-state index in [-0.39, 0.29) is 23.8 Å². The molecule has 26 heavy (non-hydrogen) atoms. The smallest absolute Gasteiger partial charge is 0.326 e. The zero-order chi connectivity index (χ0) is 18.8. The number of hydrogen-bond acceptors (Lipinski definition) is 7. The van der Waals surface area contributed by atoms with E-state index in [0.29, 0.717) is 11.3 Å². The predicted molar refractivity (Wildman–Crippen MR) is 99.5 cm³/mol. The van der Waals surface area contributed by atoms with Gasteiger partial charge in [-0.1, -0.05) is 11.3 Å². The Kier molecular flexibility index (Phi) is 5.19. The zero-order valence-electron chi connectivity index (χ0n) is 14.5. The van der Waals surface area contributed by atoms with Gasteiger partial charge in [-0.25, -0.2) is 4.98 Å². The van der Waals surface area contributed by atoms with Gasteiger partial charge in [0.05, 0.1) is 0 Å². The van der Waals surface area contributed by atoms with Crippen LogP contribution >= 0.6 is 22.7 Å². The lowest BCUT2D eigenvalue weighted by Crippen LogP contribution is -2.24. The number of aryl methyl sites for hydroxylation is 2. The molecule has 0 bridgehead atoms. The fourth-order valence-corrected chi connectivity index (χ4v) is 4.15. The lowest BCUT2D eigenvalue weighted by Gasteiger charge is -2.07. The molecule has 0 aliphatic heterocycles. The van der Waals surface area contributed by atoms with Crippen molar-refractivity contribution in [3.8, 4) is 5.13 Å². The van der Waals surface area contributed by atoms with E-state index in [1.807, 2.05) is 23.8 Å². The van der Waals surface area contributed by atoms with E-state index in [1.54, 1.807) is 24.6 Å². The zero-order valence-corrected chi connectivity index (χ0v) is 16.1. The molecule has 0 amide bonds. The Morgan fingerprint density at radius 2 is 1.96 bits per heavy atom. The fraction of sp³-hybridized carbons (Fsp3) is 0.294. The van der Waals surface area contributed by atoms with Gasteiger partial charge in [0, 0.05) is 39.6 Å². The number of carbonyl (C=O) groups excluding carboxylic acids is 2. The van der Waals surface area contributed by atoms with Crippen LogP contribution in [-0.4, -0.2) is 32.5 Å². The van der Waals surface area contributed by atoms with Crippen molar-refractivity contribution in [2.75, 3.05) is 6.61 Å². The third-order valence-corrected chi connectivity index (χ3v) is 5.61. The van der Waals surface area contributed by atoms with Gasteiger partial charge in [-0.05, 0) is 26.8 Å². The van der Waals surface area contributed by atoms with Crippen molar-refractivity contribution in [1.29, 1.82) is 0 Å². The summed E-state index contributed by atoms with van der Waals surface area (Å²) >= 11 is 2.50. The van der Waals surface area contributed by atoms with Crippen molar-refractivity contribution < 1.29 is 14.3 Å². The Morgan fingerprint density at radius 1 is 1.19 bits per heavy atom. The van der Waals surface area contributed by atoms with E-state index >= 15 is 0 Å². The molecule has 9 heteroatoms. The Morgan fingerprint density at radius 3 is 2.58 bits per heavy atom. The first-order valence-electron chi connectivity index (χ1n) is 7.81. The number of esters is 1. The quantitative estimate of drug-likeness (QED) is 0.476. The van der Waals surface area contributed by atoms with Crippen LogP contribution in [0.2, 0.25) is 0 Å². The molecule has 0 fully saturated rings. The maximum Gasteiger partial charge on any atom is 0.326 e. The van der Waals surface area contributed by atoms with Crippen LogP contribution in [0, 0.1) is 20.8 Å². The first-order chi connectivity index (χ1) is 12.4. The van der Waals surface area contributed by atoms with Crippen molar-refractivity contribution in [3.05, 3.63) is 55.3 Å². The highest BCUT2D eigenvalue weighted by Crippen LogP contribution is 2.22. The van der Waals surface area contributed by atoms with Crippen molar-refractivity contribution >= 4 is 34.4 Å². The second-order valence-corrected chi connectivity index (χ2v) is 7.44. The van der Waals surface area contributed by atoms with E-state index in [1.165, 1.54) is 15.9 Å². The molecule has 0 saturated carbocycles. The molecule has 0 spiro atoms. The highest BCUT2D eigenvalue weighted by atomic mass is 32.1. The van der Waals surface area contributed by atoms with Gasteiger partial charge in [0.25, 0.3) is 0 Å². The first kappa shape index (κ1) is 18.3. The number of thiazole rings is 2. The third-order valence-electron chi connectivity index (χ3n) is 3.97. The average Bonchev–Trinajstić information content (AvgIpc) is 3.29. The van der Waals surface area contributed by atoms with Crippen LogP contribution in [0.1, 0.15) is 27.4 Å². The monoisotopic (exact) mass is 391 g/mol. The average molecular weight is 391 g/mol. The van der Waals surface area contributed by atoms with Gasteiger partial charge >= 0.3 is 10.8 Å². The second kappa shape index (κ2) is 7.38. The van der Waals surface area contributed by atoms with Crippen LogP contribution in [0.5, 0.6) is 0 Å². The fourth-order valence-electron chi connectivity index (χ4n) is 2.66. The number of carbonyl (C=O) groups is 2. The maximum absolute atomic E-state index is 12.5. The largest absolute Gasteiger partial charge is 0.456 e. The Balaban J connectivity index is 1.68. The lowest BCUT2D eigenvalue weighted by atomic mass is 10.1. The molecule has 3 rings (SSSR count). The van der Waals surface area contributed by atoms with Crippen LogP contribution in [0.3, 0.4) is 0 Å². The van der Waals surface area contributed by atoms with Crippen molar-refractivity contribution in [2.24, 2.45) is 0 Å². The highest BCUT2D eigenvalue weighted by molar-refractivity contribution is 7.12. The Bertz CT molecular complexity index is 1010. The summed E-state index contributed by atoms with van der Waals surface area (Å²) in [4.78, 5) is 40.1. The van der Waals surface area contributed by atoms with Crippen molar-refractivity contribution in [1.82, 2.24) is 14.1 Å². The summed E-state index contributed by atoms with van der Waals surface area (Å²) in [7, 11) is 0. The molecule has 0 saturated heterocycles. The minimum Gasteiger partial charge on any atom is -0.456 e. The van der Waals surface area contributed by atoms with Gasteiger partial charge in [-0.15, -0.1) is 11.3 Å². The second-order valence-electron chi connectivity index (χ2n) is 5.75. The summed E-state index contributed by atoms with van der Waals surface area (Å²) < 4.78 is 8.29. The molecular weight excluding hydrogens is 374 g/mol. The number of aromatic nitrogens is 3. The maximum atomic E-state index is 12.5. The minimum absolute atomic E-state index is 0.195. The van der Waals surface area contributed by atoms with Gasteiger partial charge < -0.3 is 4.74 Å². The standard InChI is InChI=1S/C17H17N3O4S2/c1-10-6-13(12(3)20(10)16-18-4-5-25-16)14(21)8-24-15(22)7-19-11(2)9-26-17(19)23/h4-6,9H,7-8H2,1-3H3. The molecular formula is C17H17N3O4S2. The topological polar surface area (TPSA) is 83.2 Å². The SMILES string of the molecule is Cc1cc(C(=O)COC(=O)Cn2c(C)csc2=O)c(C)n1-c1nccs1. The van der Waals surface area contributed by atoms with Gasteiger partial charge in [0.15, 0.2) is 11.7 Å². The summed E-state index contributed by atoms with van der Waals surface area (Å²) in [6, 6.07) is 1.76. The normalized spacial score (nSPS) is 10.9. The summed E-state index contributed by atoms with van der Waals surface area (Å²) in [5.74, 6) is -0.903. The Labute approximate surface area is 157 Å². The van der Waals surface area contributed by atoms with Crippen molar-refractivity contribution in [3.63, 3.8) is 0 Å². The number of nitrogens with zero attached hydrogens (tertiary/aromatic N) is 3. The summed E-state index contributed by atoms with van der Waals surface area (Å²) in [5.41, 5.74) is 2.82. The van der Waals surface area contributed by atoms with E-state index in [0.717, 1.165) is 27.9 Å². The van der Waals surface area contributed by atoms with Crippen LogP contribution in [0.15, 0.2) is 27.8 Å². The molecule has 0 aromatic carbocycles. The predicted octanol–water partition coefficient (Wildman–Crippen LogP) is 2.51. The Hall–Kier alpha value is -2.52. The van der Waals surface area contributed by atoms with Gasteiger partial charge in [-0.3, -0.25) is 23.5 Å². The highest BCUT2D eigenvalue weighted by Gasteiger charge is 2.19. The molecule has 3 aromatic heterocycles. The first-order valence-corrected chi connectivity index (χ1v) is 9.57. The number of ketones is 1. The van der Waals surface area contributed by atoms with E-state index in [4.69, 9.17) is 4.74 Å². The molecule has 0 aliphatic carbocycles. The van der Waals surface area contributed by atoms with E-state index in [2.05, 4.69) is 4.98 Å². The number of Topliss-reactive ketones (excluding diaryl/α,β-unsaturated/α-hetero) is 1. The summed E-state index contributed by atoms with van der Waals surface area (Å²) in [6.45, 7) is 4.91. The van der Waals surface area contributed by atoms with Crippen LogP contribution in [-0.2, 0) is 16.1 Å². The molecule has 3 heterocycles. The van der Waals surface area contributed by atoms with E-state index in [9.17, 15) is 14.4 Å². The summed E-state index contributed by atoms with van der Waals surface area (Å²) in [6.07, 6.45) is 1.70. The molecule has 3 aromatic rings. The van der Waals surface area contributed by atoms with Crippen LogP contribution in [0.4, 0.5) is 0 Å². The van der Waals surface area contributed by atoms with Gasteiger partial charge in [-0.2, -0.15) is 0 Å². The van der Waals surface area contributed by atoms with Crippen molar-refractivity contribution in [2.45, 2.75) is 27.3 Å². The van der Waals surface area contributed by atoms with Gasteiger partial charge in [0.1, 0.15) is 6.54 Å². The number of rotatable bonds is 6. The lowest BCUT2D eigenvalue weighted by molar-refractivity contribution is -0.143. The molecule has 0 aliphatic rings. The minimum atomic E-state index is -0.615.